The van der Waals surface area contributed by atoms with Gasteiger partial charge in [-0.15, -0.1) is 0 Å². The van der Waals surface area contributed by atoms with Gasteiger partial charge in [-0.3, -0.25) is 9.59 Å². The average molecular weight is 190 g/mol. The Bertz CT molecular complexity index is 352. The molecule has 0 bridgehead atoms. The van der Waals surface area contributed by atoms with Crippen LogP contribution in [0.15, 0.2) is 36.4 Å². The minimum absolute atomic E-state index is 0.271. The molecule has 0 aromatic heterocycles. The van der Waals surface area contributed by atoms with Crippen molar-refractivity contribution < 1.29 is 14.3 Å². The van der Waals surface area contributed by atoms with Gasteiger partial charge < -0.3 is 4.74 Å². The first kappa shape index (κ1) is 10.2. The first-order chi connectivity index (χ1) is 6.74. The molecule has 0 aliphatic heterocycles. The molecule has 0 amide bonds. The van der Waals surface area contributed by atoms with Crippen LogP contribution < -0.4 is 0 Å². The molecule has 0 spiro atoms. The normalized spacial score (nSPS) is 10.8. The zero-order valence-electron chi connectivity index (χ0n) is 7.77. The summed E-state index contributed by atoms with van der Waals surface area (Å²) in [5, 5.41) is 0. The second-order valence-corrected chi connectivity index (χ2v) is 2.63. The lowest BCUT2D eigenvalue weighted by molar-refractivity contribution is -0.134. The van der Waals surface area contributed by atoms with Gasteiger partial charge in [-0.2, -0.15) is 0 Å². The predicted octanol–water partition coefficient (Wildman–Crippen LogP) is 1.79. The van der Waals surface area contributed by atoms with Crippen LogP contribution in [0.3, 0.4) is 0 Å². The first-order valence-corrected chi connectivity index (χ1v) is 4.13. The molecule has 0 heterocycles. The monoisotopic (exact) mass is 190 g/mol. The molecule has 1 aromatic carbocycles. The van der Waals surface area contributed by atoms with Crippen LogP contribution in [-0.2, 0) is 14.3 Å². The Balaban J connectivity index is 2.95. The van der Waals surface area contributed by atoms with Crippen molar-refractivity contribution in [1.82, 2.24) is 0 Å². The number of carbonyl (C=O) groups is 2. The van der Waals surface area contributed by atoms with Crippen LogP contribution in [0.1, 0.15) is 12.5 Å². The molecule has 0 unspecified atom stereocenters. The van der Waals surface area contributed by atoms with E-state index in [1.165, 1.54) is 13.0 Å². The molecule has 3 nitrogen and oxygen atoms in total. The van der Waals surface area contributed by atoms with Gasteiger partial charge in [0.15, 0.2) is 0 Å². The minimum atomic E-state index is -0.443. The number of benzene rings is 1. The Kier molecular flexibility index (Phi) is 3.61. The van der Waals surface area contributed by atoms with Crippen molar-refractivity contribution in [3.05, 3.63) is 42.0 Å². The molecule has 0 saturated heterocycles. The summed E-state index contributed by atoms with van der Waals surface area (Å²) in [6.45, 7) is 1.29. The first-order valence-electron chi connectivity index (χ1n) is 4.13. The maximum absolute atomic E-state index is 10.7. The van der Waals surface area contributed by atoms with Crippen molar-refractivity contribution in [2.45, 2.75) is 6.92 Å². The zero-order chi connectivity index (χ0) is 10.4. The summed E-state index contributed by atoms with van der Waals surface area (Å²) in [4.78, 5) is 21.0. The number of esters is 1. The van der Waals surface area contributed by atoms with E-state index >= 15 is 0 Å². The van der Waals surface area contributed by atoms with Crippen LogP contribution >= 0.6 is 0 Å². The van der Waals surface area contributed by atoms with E-state index in [0.29, 0.717) is 11.8 Å². The number of hydrogen-bond acceptors (Lipinski definition) is 3. The summed E-state index contributed by atoms with van der Waals surface area (Å²) in [7, 11) is 0. The molecular weight excluding hydrogens is 180 g/mol. The average Bonchev–Trinajstić information content (AvgIpc) is 2.18. The van der Waals surface area contributed by atoms with Crippen LogP contribution in [0.5, 0.6) is 0 Å². The van der Waals surface area contributed by atoms with E-state index in [0.717, 1.165) is 0 Å². The molecule has 0 aliphatic carbocycles. The minimum Gasteiger partial charge on any atom is -0.426 e. The van der Waals surface area contributed by atoms with E-state index in [2.05, 4.69) is 0 Å². The van der Waals surface area contributed by atoms with Crippen LogP contribution in [0.2, 0.25) is 0 Å². The smallest absolute Gasteiger partial charge is 0.308 e. The molecule has 0 N–H and O–H groups in total. The molecule has 0 aliphatic rings. The van der Waals surface area contributed by atoms with E-state index < -0.39 is 5.97 Å². The number of aldehydes is 1. The van der Waals surface area contributed by atoms with Crippen molar-refractivity contribution >= 4 is 18.0 Å². The summed E-state index contributed by atoms with van der Waals surface area (Å²) in [5.74, 6) is -0.171. The summed E-state index contributed by atoms with van der Waals surface area (Å²) < 4.78 is 4.87. The van der Waals surface area contributed by atoms with Gasteiger partial charge in [0.05, 0.1) is 0 Å². The number of rotatable bonds is 3. The molecule has 0 radical (unpaired) electrons. The summed E-state index contributed by atoms with van der Waals surface area (Å²) in [6.07, 6.45) is 1.81. The second-order valence-electron chi connectivity index (χ2n) is 2.63. The van der Waals surface area contributed by atoms with E-state index in [1.807, 2.05) is 6.07 Å². The highest BCUT2D eigenvalue weighted by Crippen LogP contribution is 2.14. The quantitative estimate of drug-likeness (QED) is 0.316. The topological polar surface area (TPSA) is 43.4 Å². The Morgan fingerprint density at radius 1 is 1.29 bits per heavy atom. The maximum Gasteiger partial charge on any atom is 0.308 e. The van der Waals surface area contributed by atoms with E-state index in [1.54, 1.807) is 24.3 Å². The predicted molar refractivity (Wildman–Crippen MR) is 52.2 cm³/mol. The molecule has 14 heavy (non-hydrogen) atoms. The van der Waals surface area contributed by atoms with Crippen LogP contribution in [0, 0.1) is 0 Å². The van der Waals surface area contributed by atoms with Gasteiger partial charge in [0.25, 0.3) is 0 Å². The van der Waals surface area contributed by atoms with Gasteiger partial charge in [-0.1, -0.05) is 30.3 Å². The van der Waals surface area contributed by atoms with Crippen molar-refractivity contribution in [3.63, 3.8) is 0 Å². The van der Waals surface area contributed by atoms with E-state index in [4.69, 9.17) is 4.74 Å². The van der Waals surface area contributed by atoms with Gasteiger partial charge in [0.1, 0.15) is 12.0 Å². The van der Waals surface area contributed by atoms with Crippen molar-refractivity contribution in [3.8, 4) is 0 Å². The Morgan fingerprint density at radius 3 is 2.43 bits per heavy atom. The Labute approximate surface area is 82.0 Å². The van der Waals surface area contributed by atoms with Crippen LogP contribution in [-0.4, -0.2) is 12.3 Å². The van der Waals surface area contributed by atoms with Gasteiger partial charge in [0.2, 0.25) is 0 Å². The fourth-order valence-corrected chi connectivity index (χ4v) is 1.01. The second kappa shape index (κ2) is 4.97. The van der Waals surface area contributed by atoms with Crippen molar-refractivity contribution in [2.24, 2.45) is 0 Å². The molecule has 0 atom stereocenters. The fraction of sp³-hybridized carbons (Fsp3) is 0.0909. The highest BCUT2D eigenvalue weighted by molar-refractivity contribution is 5.83. The Morgan fingerprint density at radius 2 is 1.93 bits per heavy atom. The van der Waals surface area contributed by atoms with Gasteiger partial charge in [-0.05, 0) is 0 Å². The molecule has 0 saturated carbocycles. The number of allylic oxidation sites excluding steroid dienone is 1. The molecule has 3 heteroatoms. The highest BCUT2D eigenvalue weighted by atomic mass is 16.5. The number of ether oxygens (including phenoxy) is 1. The Hall–Kier alpha value is -1.90. The third kappa shape index (κ3) is 2.86. The molecule has 72 valence electrons. The van der Waals surface area contributed by atoms with Crippen LogP contribution in [0.4, 0.5) is 0 Å². The third-order valence-corrected chi connectivity index (χ3v) is 1.53. The van der Waals surface area contributed by atoms with Gasteiger partial charge in [0, 0.05) is 18.6 Å². The standard InChI is InChI=1S/C11H10O3/c1-9(13)14-11(7-8-12)10-5-3-2-4-6-10/h2-8H,1H3. The lowest BCUT2D eigenvalue weighted by atomic mass is 10.2. The summed E-state index contributed by atoms with van der Waals surface area (Å²) >= 11 is 0. The third-order valence-electron chi connectivity index (χ3n) is 1.53. The largest absolute Gasteiger partial charge is 0.426 e. The van der Waals surface area contributed by atoms with Crippen molar-refractivity contribution in [2.75, 3.05) is 0 Å². The van der Waals surface area contributed by atoms with Crippen molar-refractivity contribution in [1.29, 1.82) is 0 Å². The molecule has 1 rings (SSSR count). The molecule has 0 fully saturated rings. The number of hydrogen-bond donors (Lipinski definition) is 0. The zero-order valence-corrected chi connectivity index (χ0v) is 7.77. The lowest BCUT2D eigenvalue weighted by Crippen LogP contribution is -1.98. The molecule has 1 aromatic rings. The van der Waals surface area contributed by atoms with E-state index in [-0.39, 0.29) is 5.76 Å². The van der Waals surface area contributed by atoms with Gasteiger partial charge in [-0.25, -0.2) is 0 Å². The van der Waals surface area contributed by atoms with Crippen LogP contribution in [0.25, 0.3) is 5.76 Å². The van der Waals surface area contributed by atoms with E-state index in [9.17, 15) is 9.59 Å². The fourth-order valence-electron chi connectivity index (χ4n) is 1.01. The highest BCUT2D eigenvalue weighted by Gasteiger charge is 2.03. The molecular formula is C11H10O3. The number of carbonyl (C=O) groups excluding carboxylic acids is 2. The summed E-state index contributed by atoms with van der Waals surface area (Å²) in [6, 6.07) is 8.97. The lowest BCUT2D eigenvalue weighted by Gasteiger charge is -2.05. The van der Waals surface area contributed by atoms with Gasteiger partial charge >= 0.3 is 5.97 Å². The maximum atomic E-state index is 10.7. The SMILES string of the molecule is CC(=O)OC(=CC=O)c1ccccc1. The summed E-state index contributed by atoms with van der Waals surface area (Å²) in [5.41, 5.74) is 0.704.